The molecule has 7 heteroatoms. The SMILES string of the molecule is Cl.Nc1cccc2c1CCCN2Cc1csc([N+](=O)[O-])c1. The zero-order valence-corrected chi connectivity index (χ0v) is 13.0. The maximum atomic E-state index is 10.7. The van der Waals surface area contributed by atoms with E-state index in [1.165, 1.54) is 16.9 Å². The van der Waals surface area contributed by atoms with E-state index in [0.29, 0.717) is 6.54 Å². The van der Waals surface area contributed by atoms with Crippen LogP contribution in [0, 0.1) is 10.1 Å². The molecule has 0 radical (unpaired) electrons. The van der Waals surface area contributed by atoms with Crippen molar-refractivity contribution in [1.29, 1.82) is 0 Å². The molecule has 0 fully saturated rings. The number of nitrogens with two attached hydrogens (primary N) is 1. The second kappa shape index (κ2) is 6.32. The van der Waals surface area contributed by atoms with Gasteiger partial charge in [-0.3, -0.25) is 10.1 Å². The van der Waals surface area contributed by atoms with Crippen LogP contribution in [0.3, 0.4) is 0 Å². The molecular formula is C14H16ClN3O2S. The Hall–Kier alpha value is -1.79. The third-order valence-corrected chi connectivity index (χ3v) is 4.51. The number of benzene rings is 1. The van der Waals surface area contributed by atoms with Crippen LogP contribution in [0.2, 0.25) is 0 Å². The van der Waals surface area contributed by atoms with Crippen molar-refractivity contribution in [2.75, 3.05) is 17.2 Å². The maximum Gasteiger partial charge on any atom is 0.324 e. The molecule has 21 heavy (non-hydrogen) atoms. The molecule has 1 aromatic carbocycles. The van der Waals surface area contributed by atoms with Crippen molar-refractivity contribution in [3.8, 4) is 0 Å². The molecule has 0 spiro atoms. The molecule has 3 rings (SSSR count). The van der Waals surface area contributed by atoms with Crippen LogP contribution in [-0.2, 0) is 13.0 Å². The highest BCUT2D eigenvalue weighted by Gasteiger charge is 2.20. The molecule has 2 heterocycles. The number of hydrogen-bond acceptors (Lipinski definition) is 5. The highest BCUT2D eigenvalue weighted by atomic mass is 35.5. The van der Waals surface area contributed by atoms with Gasteiger partial charge in [-0.05, 0) is 36.1 Å². The van der Waals surface area contributed by atoms with Crippen LogP contribution in [0.5, 0.6) is 0 Å². The molecule has 1 aliphatic heterocycles. The fraction of sp³-hybridized carbons (Fsp3) is 0.286. The van der Waals surface area contributed by atoms with Crippen LogP contribution in [0.15, 0.2) is 29.6 Å². The number of rotatable bonds is 3. The second-order valence-corrected chi connectivity index (χ2v) is 5.81. The summed E-state index contributed by atoms with van der Waals surface area (Å²) in [5.74, 6) is 0. The van der Waals surface area contributed by atoms with Gasteiger partial charge >= 0.3 is 5.00 Å². The lowest BCUT2D eigenvalue weighted by atomic mass is 9.99. The molecule has 1 aliphatic rings. The number of nitro groups is 1. The van der Waals surface area contributed by atoms with Crippen LogP contribution >= 0.6 is 23.7 Å². The van der Waals surface area contributed by atoms with E-state index in [4.69, 9.17) is 5.73 Å². The normalized spacial score (nSPS) is 13.4. The molecule has 0 unspecified atom stereocenters. The van der Waals surface area contributed by atoms with E-state index in [1.54, 1.807) is 6.07 Å². The summed E-state index contributed by atoms with van der Waals surface area (Å²) in [6.07, 6.45) is 2.07. The first-order valence-corrected chi connectivity index (χ1v) is 7.37. The molecule has 2 N–H and O–H groups in total. The zero-order valence-electron chi connectivity index (χ0n) is 11.3. The van der Waals surface area contributed by atoms with Gasteiger partial charge in [0.05, 0.1) is 4.92 Å². The number of hydrogen-bond donors (Lipinski definition) is 1. The summed E-state index contributed by atoms with van der Waals surface area (Å²) in [7, 11) is 0. The number of thiophene rings is 1. The highest BCUT2D eigenvalue weighted by molar-refractivity contribution is 7.13. The van der Waals surface area contributed by atoms with Crippen molar-refractivity contribution < 1.29 is 4.92 Å². The van der Waals surface area contributed by atoms with Crippen molar-refractivity contribution in [2.24, 2.45) is 0 Å². The third kappa shape index (κ3) is 3.11. The summed E-state index contributed by atoms with van der Waals surface area (Å²) in [6.45, 7) is 1.65. The van der Waals surface area contributed by atoms with Crippen LogP contribution < -0.4 is 10.6 Å². The van der Waals surface area contributed by atoms with Crippen LogP contribution in [0.4, 0.5) is 16.4 Å². The van der Waals surface area contributed by atoms with Gasteiger partial charge in [-0.1, -0.05) is 17.4 Å². The lowest BCUT2D eigenvalue weighted by Gasteiger charge is -2.31. The first kappa shape index (κ1) is 15.6. The van der Waals surface area contributed by atoms with Gasteiger partial charge in [0.2, 0.25) is 0 Å². The lowest BCUT2D eigenvalue weighted by molar-refractivity contribution is -0.380. The molecule has 0 saturated carbocycles. The molecule has 112 valence electrons. The van der Waals surface area contributed by atoms with Gasteiger partial charge in [0.15, 0.2) is 0 Å². The first-order valence-electron chi connectivity index (χ1n) is 6.49. The van der Waals surface area contributed by atoms with Gasteiger partial charge in [0.1, 0.15) is 0 Å². The van der Waals surface area contributed by atoms with E-state index in [9.17, 15) is 10.1 Å². The molecule has 0 saturated heterocycles. The Labute approximate surface area is 132 Å². The van der Waals surface area contributed by atoms with E-state index in [1.807, 2.05) is 17.5 Å². The number of fused-ring (bicyclic) bond motifs is 1. The lowest BCUT2D eigenvalue weighted by Crippen LogP contribution is -2.29. The third-order valence-electron chi connectivity index (χ3n) is 3.58. The standard InChI is InChI=1S/C14H15N3O2S.ClH/c15-12-4-1-5-13-11(12)3-2-6-16(13)8-10-7-14(17(18)19)20-9-10;/h1,4-5,7,9H,2-3,6,8,15H2;1H. The number of halogens is 1. The average molecular weight is 326 g/mol. The Balaban J connectivity index is 0.00000161. The predicted octanol–water partition coefficient (Wildman–Crippen LogP) is 3.61. The van der Waals surface area contributed by atoms with Gasteiger partial charge in [-0.2, -0.15) is 0 Å². The Morgan fingerprint density at radius 3 is 2.95 bits per heavy atom. The Morgan fingerprint density at radius 2 is 2.24 bits per heavy atom. The molecule has 0 aliphatic carbocycles. The molecule has 2 aromatic rings. The largest absolute Gasteiger partial charge is 0.398 e. The summed E-state index contributed by atoms with van der Waals surface area (Å²) in [5.41, 5.74) is 10.2. The smallest absolute Gasteiger partial charge is 0.324 e. The van der Waals surface area contributed by atoms with E-state index in [0.717, 1.165) is 36.3 Å². The Morgan fingerprint density at radius 1 is 1.43 bits per heavy atom. The van der Waals surface area contributed by atoms with Gasteiger partial charge in [-0.15, -0.1) is 12.4 Å². The first-order chi connectivity index (χ1) is 9.65. The molecule has 0 amide bonds. The fourth-order valence-electron chi connectivity index (χ4n) is 2.65. The quantitative estimate of drug-likeness (QED) is 0.531. The predicted molar refractivity (Wildman–Crippen MR) is 88.4 cm³/mol. The Kier molecular flexibility index (Phi) is 4.69. The summed E-state index contributed by atoms with van der Waals surface area (Å²) in [4.78, 5) is 12.6. The van der Waals surface area contributed by atoms with Crippen molar-refractivity contribution >= 4 is 40.1 Å². The summed E-state index contributed by atoms with van der Waals surface area (Å²) >= 11 is 1.18. The summed E-state index contributed by atoms with van der Waals surface area (Å²) in [6, 6.07) is 7.62. The van der Waals surface area contributed by atoms with Crippen LogP contribution in [-0.4, -0.2) is 11.5 Å². The summed E-state index contributed by atoms with van der Waals surface area (Å²) < 4.78 is 0. The maximum absolute atomic E-state index is 10.7. The number of nitrogens with zero attached hydrogens (tertiary/aromatic N) is 2. The average Bonchev–Trinajstić information content (AvgIpc) is 2.89. The van der Waals surface area contributed by atoms with Gasteiger partial charge in [-0.25, -0.2) is 0 Å². The van der Waals surface area contributed by atoms with Gasteiger partial charge < -0.3 is 10.6 Å². The minimum Gasteiger partial charge on any atom is -0.398 e. The Bertz CT molecular complexity index is 659. The van der Waals surface area contributed by atoms with Crippen molar-refractivity contribution in [2.45, 2.75) is 19.4 Å². The van der Waals surface area contributed by atoms with Crippen molar-refractivity contribution in [1.82, 2.24) is 0 Å². The van der Waals surface area contributed by atoms with Crippen molar-refractivity contribution in [3.63, 3.8) is 0 Å². The van der Waals surface area contributed by atoms with Crippen LogP contribution in [0.25, 0.3) is 0 Å². The molecule has 0 atom stereocenters. The van der Waals surface area contributed by atoms with Gasteiger partial charge in [0, 0.05) is 35.9 Å². The molecular weight excluding hydrogens is 310 g/mol. The monoisotopic (exact) mass is 325 g/mol. The van der Waals surface area contributed by atoms with Crippen molar-refractivity contribution in [3.05, 3.63) is 50.9 Å². The summed E-state index contributed by atoms with van der Waals surface area (Å²) in [5, 5.41) is 12.8. The number of anilines is 2. The molecule has 1 aromatic heterocycles. The zero-order chi connectivity index (χ0) is 14.1. The molecule has 0 bridgehead atoms. The van der Waals surface area contributed by atoms with E-state index in [-0.39, 0.29) is 22.3 Å². The van der Waals surface area contributed by atoms with E-state index in [2.05, 4.69) is 11.0 Å². The van der Waals surface area contributed by atoms with E-state index >= 15 is 0 Å². The highest BCUT2D eigenvalue weighted by Crippen LogP contribution is 2.33. The minimum absolute atomic E-state index is 0. The number of nitrogen functional groups attached to an aromatic ring is 1. The molecule has 5 nitrogen and oxygen atoms in total. The van der Waals surface area contributed by atoms with E-state index < -0.39 is 0 Å². The van der Waals surface area contributed by atoms with Crippen LogP contribution in [0.1, 0.15) is 17.5 Å². The fourth-order valence-corrected chi connectivity index (χ4v) is 3.37. The topological polar surface area (TPSA) is 72.4 Å². The minimum atomic E-state index is -0.337. The van der Waals surface area contributed by atoms with Gasteiger partial charge in [0.25, 0.3) is 0 Å². The second-order valence-electron chi connectivity index (χ2n) is 4.92.